The van der Waals surface area contributed by atoms with E-state index >= 15 is 0 Å². The normalized spacial score (nSPS) is 22.7. The average molecular weight is 280 g/mol. The van der Waals surface area contributed by atoms with Gasteiger partial charge in [0, 0.05) is 12.8 Å². The van der Waals surface area contributed by atoms with Crippen LogP contribution in [-0.4, -0.2) is 36.4 Å². The molecule has 1 N–H and O–H groups in total. The Labute approximate surface area is 118 Å². The minimum atomic E-state index is -0.374. The topological polar surface area (TPSA) is 41.6 Å². The van der Waals surface area contributed by atoms with Gasteiger partial charge in [0.15, 0.2) is 0 Å². The Morgan fingerprint density at radius 2 is 2.16 bits per heavy atom. The highest BCUT2D eigenvalue weighted by Crippen LogP contribution is 2.29. The van der Waals surface area contributed by atoms with Gasteiger partial charge < -0.3 is 4.74 Å². The van der Waals surface area contributed by atoms with Crippen molar-refractivity contribution in [1.29, 1.82) is 0 Å². The minimum absolute atomic E-state index is 0.149. The number of hydrogen-bond donors (Lipinski definition) is 1. The molecule has 1 heterocycles. The van der Waals surface area contributed by atoms with Crippen LogP contribution in [0.15, 0.2) is 24.3 Å². The Hall–Kier alpha value is -1.20. The minimum Gasteiger partial charge on any atom is -0.447 e. The van der Waals surface area contributed by atoms with Crippen LogP contribution >= 0.6 is 11.9 Å². The van der Waals surface area contributed by atoms with Gasteiger partial charge in [-0.05, 0) is 31.5 Å². The first kappa shape index (κ1) is 14.2. The second-order valence-corrected chi connectivity index (χ2v) is 5.79. The van der Waals surface area contributed by atoms with Gasteiger partial charge in [-0.25, -0.2) is 4.79 Å². The van der Waals surface area contributed by atoms with E-state index in [4.69, 9.17) is 4.74 Å². The SMILES string of the molecule is CSNC(=O)OCC1(C)Cc2ccccc2CN1C. The zero-order valence-electron chi connectivity index (χ0n) is 11.6. The molecule has 1 unspecified atom stereocenters. The summed E-state index contributed by atoms with van der Waals surface area (Å²) < 4.78 is 7.87. The summed E-state index contributed by atoms with van der Waals surface area (Å²) in [5.74, 6) is 0. The number of amides is 1. The van der Waals surface area contributed by atoms with Gasteiger partial charge in [-0.1, -0.05) is 36.2 Å². The fourth-order valence-corrected chi connectivity index (χ4v) is 2.60. The predicted octanol–water partition coefficient (Wildman–Crippen LogP) is 2.44. The molecular weight excluding hydrogens is 260 g/mol. The fraction of sp³-hybridized carbons (Fsp3) is 0.500. The van der Waals surface area contributed by atoms with E-state index in [1.165, 1.54) is 23.1 Å². The molecule has 2 rings (SSSR count). The molecule has 4 nitrogen and oxygen atoms in total. The highest BCUT2D eigenvalue weighted by molar-refractivity contribution is 7.97. The number of nitrogens with one attached hydrogen (secondary N) is 1. The maximum absolute atomic E-state index is 11.4. The number of benzene rings is 1. The van der Waals surface area contributed by atoms with Crippen LogP contribution in [0, 0.1) is 0 Å². The molecule has 104 valence electrons. The van der Waals surface area contributed by atoms with E-state index in [1.807, 2.05) is 0 Å². The first-order valence-corrected chi connectivity index (χ1v) is 7.51. The zero-order valence-corrected chi connectivity index (χ0v) is 12.4. The van der Waals surface area contributed by atoms with E-state index in [0.29, 0.717) is 6.61 Å². The molecule has 5 heteroatoms. The highest BCUT2D eigenvalue weighted by atomic mass is 32.2. The molecule has 0 spiro atoms. The number of carbonyl (C=O) groups excluding carboxylic acids is 1. The lowest BCUT2D eigenvalue weighted by Crippen LogP contribution is -2.52. The first-order valence-electron chi connectivity index (χ1n) is 6.29. The van der Waals surface area contributed by atoms with Crippen LogP contribution in [0.5, 0.6) is 0 Å². The Balaban J connectivity index is 2.05. The smallest absolute Gasteiger partial charge is 0.417 e. The van der Waals surface area contributed by atoms with E-state index in [2.05, 4.69) is 47.9 Å². The molecule has 19 heavy (non-hydrogen) atoms. The summed E-state index contributed by atoms with van der Waals surface area (Å²) in [5, 5.41) is 0. The molecule has 0 saturated carbocycles. The third-order valence-electron chi connectivity index (χ3n) is 3.72. The van der Waals surface area contributed by atoms with Crippen LogP contribution in [-0.2, 0) is 17.7 Å². The maximum atomic E-state index is 11.4. The third-order valence-corrected chi connectivity index (χ3v) is 4.09. The molecule has 0 aliphatic carbocycles. The Morgan fingerprint density at radius 3 is 2.84 bits per heavy atom. The van der Waals surface area contributed by atoms with Gasteiger partial charge in [-0.3, -0.25) is 9.62 Å². The first-order chi connectivity index (χ1) is 9.05. The Kier molecular flexibility index (Phi) is 4.37. The average Bonchev–Trinajstić information content (AvgIpc) is 2.38. The Bertz CT molecular complexity index is 467. The summed E-state index contributed by atoms with van der Waals surface area (Å²) in [4.78, 5) is 13.7. The van der Waals surface area contributed by atoms with E-state index in [9.17, 15) is 4.79 Å². The van der Waals surface area contributed by atoms with Crippen molar-refractivity contribution in [2.75, 3.05) is 19.9 Å². The molecule has 1 aromatic rings. The summed E-state index contributed by atoms with van der Waals surface area (Å²) in [6.45, 7) is 3.42. The van der Waals surface area contributed by atoms with Gasteiger partial charge in [0.25, 0.3) is 0 Å². The van der Waals surface area contributed by atoms with E-state index in [1.54, 1.807) is 6.26 Å². The van der Waals surface area contributed by atoms with E-state index < -0.39 is 0 Å². The van der Waals surface area contributed by atoms with Crippen LogP contribution in [0.25, 0.3) is 0 Å². The number of nitrogens with zero attached hydrogens (tertiary/aromatic N) is 1. The van der Waals surface area contributed by atoms with Crippen LogP contribution in [0.2, 0.25) is 0 Å². The number of hydrogen-bond acceptors (Lipinski definition) is 4. The predicted molar refractivity (Wildman–Crippen MR) is 78.0 cm³/mol. The highest BCUT2D eigenvalue weighted by Gasteiger charge is 2.35. The van der Waals surface area contributed by atoms with Gasteiger partial charge in [0.2, 0.25) is 0 Å². The molecule has 1 atom stereocenters. The van der Waals surface area contributed by atoms with Crippen LogP contribution in [0.3, 0.4) is 0 Å². The fourth-order valence-electron chi connectivity index (χ4n) is 2.37. The summed E-state index contributed by atoms with van der Waals surface area (Å²) in [6.07, 6.45) is 2.32. The van der Waals surface area contributed by atoms with Gasteiger partial charge >= 0.3 is 6.09 Å². The molecule has 1 amide bonds. The number of fused-ring (bicyclic) bond motifs is 1. The van der Waals surface area contributed by atoms with Gasteiger partial charge in [0.05, 0.1) is 5.54 Å². The van der Waals surface area contributed by atoms with Crippen LogP contribution in [0.1, 0.15) is 18.1 Å². The summed E-state index contributed by atoms with van der Waals surface area (Å²) in [7, 11) is 2.08. The molecule has 0 saturated heterocycles. The molecule has 0 radical (unpaired) electrons. The Morgan fingerprint density at radius 1 is 1.47 bits per heavy atom. The van der Waals surface area contributed by atoms with Crippen LogP contribution < -0.4 is 4.72 Å². The van der Waals surface area contributed by atoms with Crippen molar-refractivity contribution < 1.29 is 9.53 Å². The standard InChI is InChI=1S/C14H20N2O2S/c1-14(10-18-13(17)15-19-3)8-11-6-4-5-7-12(11)9-16(14)2/h4-7H,8-10H2,1-3H3,(H,15,17). The molecule has 0 bridgehead atoms. The number of rotatable bonds is 3. The zero-order chi connectivity index (χ0) is 13.9. The molecular formula is C14H20N2O2S. The van der Waals surface area contributed by atoms with Crippen LogP contribution in [0.4, 0.5) is 4.79 Å². The van der Waals surface area contributed by atoms with E-state index in [-0.39, 0.29) is 11.6 Å². The third kappa shape index (κ3) is 3.22. The number of likely N-dealkylation sites (N-methyl/N-ethyl adjacent to an activating group) is 1. The van der Waals surface area contributed by atoms with Crippen molar-refractivity contribution in [2.24, 2.45) is 0 Å². The van der Waals surface area contributed by atoms with Gasteiger partial charge in [-0.15, -0.1) is 0 Å². The molecule has 0 fully saturated rings. The molecule has 1 aliphatic heterocycles. The lowest BCUT2D eigenvalue weighted by Gasteiger charge is -2.42. The van der Waals surface area contributed by atoms with Crippen molar-refractivity contribution in [1.82, 2.24) is 9.62 Å². The molecule has 1 aliphatic rings. The van der Waals surface area contributed by atoms with Gasteiger partial charge in [-0.2, -0.15) is 0 Å². The molecule has 1 aromatic carbocycles. The molecule has 0 aromatic heterocycles. The van der Waals surface area contributed by atoms with Crippen molar-refractivity contribution in [3.8, 4) is 0 Å². The number of carbonyl (C=O) groups is 1. The second-order valence-electron chi connectivity index (χ2n) is 5.18. The van der Waals surface area contributed by atoms with Gasteiger partial charge in [0.1, 0.15) is 6.61 Å². The summed E-state index contributed by atoms with van der Waals surface area (Å²) in [5.41, 5.74) is 2.55. The quantitative estimate of drug-likeness (QED) is 0.864. The van der Waals surface area contributed by atoms with Crippen molar-refractivity contribution >= 4 is 18.0 Å². The lowest BCUT2D eigenvalue weighted by molar-refractivity contribution is 0.0354. The number of ether oxygens (including phenoxy) is 1. The van der Waals surface area contributed by atoms with Crippen molar-refractivity contribution in [3.63, 3.8) is 0 Å². The van der Waals surface area contributed by atoms with Crippen molar-refractivity contribution in [3.05, 3.63) is 35.4 Å². The lowest BCUT2D eigenvalue weighted by atomic mass is 9.85. The van der Waals surface area contributed by atoms with Crippen molar-refractivity contribution in [2.45, 2.75) is 25.4 Å². The maximum Gasteiger partial charge on any atom is 0.417 e. The largest absolute Gasteiger partial charge is 0.447 e. The summed E-state index contributed by atoms with van der Waals surface area (Å²) >= 11 is 1.25. The monoisotopic (exact) mass is 280 g/mol. The second kappa shape index (κ2) is 5.84. The van der Waals surface area contributed by atoms with E-state index in [0.717, 1.165) is 13.0 Å². The summed E-state index contributed by atoms with van der Waals surface area (Å²) in [6, 6.07) is 8.44.